The van der Waals surface area contributed by atoms with Crippen molar-refractivity contribution in [3.63, 3.8) is 0 Å². The predicted octanol–water partition coefficient (Wildman–Crippen LogP) is 5.23. The fourth-order valence-corrected chi connectivity index (χ4v) is 2.86. The van der Waals surface area contributed by atoms with E-state index in [1.165, 1.54) is 30.5 Å². The van der Waals surface area contributed by atoms with Gasteiger partial charge in [0, 0.05) is 17.5 Å². The summed E-state index contributed by atoms with van der Waals surface area (Å²) >= 11 is 0. The van der Waals surface area contributed by atoms with Crippen molar-refractivity contribution in [2.24, 2.45) is 0 Å². The van der Waals surface area contributed by atoms with Gasteiger partial charge < -0.3 is 13.7 Å². The molecule has 2 heterocycles. The van der Waals surface area contributed by atoms with Crippen LogP contribution in [0.25, 0.3) is 22.7 Å². The predicted molar refractivity (Wildman–Crippen MR) is 105 cm³/mol. The lowest BCUT2D eigenvalue weighted by atomic mass is 10.1. The summed E-state index contributed by atoms with van der Waals surface area (Å²) in [5, 5.41) is 3.62. The van der Waals surface area contributed by atoms with Gasteiger partial charge in [0.15, 0.2) is 18.3 Å². The minimum Gasteiger partial charge on any atom is -0.456 e. The van der Waals surface area contributed by atoms with Gasteiger partial charge in [-0.25, -0.2) is 9.37 Å². The highest BCUT2D eigenvalue weighted by atomic mass is 19.4. The van der Waals surface area contributed by atoms with Crippen LogP contribution in [0, 0.1) is 5.82 Å². The lowest BCUT2D eigenvalue weighted by Gasteiger charge is -2.06. The zero-order chi connectivity index (χ0) is 23.4. The zero-order valence-electron chi connectivity index (χ0n) is 16.8. The van der Waals surface area contributed by atoms with Crippen molar-refractivity contribution >= 4 is 5.97 Å². The molecule has 2 aromatic heterocycles. The Kier molecular flexibility index (Phi) is 6.20. The Bertz CT molecular complexity index is 1250. The maximum Gasteiger partial charge on any atom is 0.416 e. The summed E-state index contributed by atoms with van der Waals surface area (Å²) in [6.45, 7) is -0.336. The Morgan fingerprint density at radius 1 is 1.03 bits per heavy atom. The van der Waals surface area contributed by atoms with E-state index in [2.05, 4.69) is 15.1 Å². The Hall–Kier alpha value is -4.02. The molecule has 0 atom stereocenters. The molecule has 0 unspecified atom stereocenters. The van der Waals surface area contributed by atoms with Gasteiger partial charge in [0.05, 0.1) is 18.2 Å². The topological polar surface area (TPSA) is 91.2 Å². The van der Waals surface area contributed by atoms with E-state index < -0.39 is 17.7 Å². The van der Waals surface area contributed by atoms with Crippen LogP contribution >= 0.6 is 0 Å². The molecule has 0 N–H and O–H groups in total. The van der Waals surface area contributed by atoms with E-state index in [0.717, 1.165) is 12.1 Å². The van der Waals surface area contributed by atoms with Gasteiger partial charge in [-0.05, 0) is 36.4 Å². The number of hydrogen-bond acceptors (Lipinski definition) is 7. The first-order valence-electron chi connectivity index (χ1n) is 9.64. The summed E-state index contributed by atoms with van der Waals surface area (Å²) in [5.41, 5.74) is -0.0791. The maximum absolute atomic E-state index is 13.0. The SMILES string of the molecule is O=C(CCc1ncc(-c2ccc(F)cc2)o1)OCc1nc(-c2cccc(C(F)(F)F)c2)no1. The number of nitrogens with zero attached hydrogens (tertiary/aromatic N) is 3. The molecule has 0 radical (unpaired) electrons. The molecule has 0 aliphatic carbocycles. The first kappa shape index (κ1) is 22.2. The molecule has 170 valence electrons. The largest absolute Gasteiger partial charge is 0.456 e. The van der Waals surface area contributed by atoms with E-state index in [1.54, 1.807) is 12.1 Å². The van der Waals surface area contributed by atoms with Crippen LogP contribution in [0.15, 0.2) is 63.7 Å². The van der Waals surface area contributed by atoms with Crippen molar-refractivity contribution in [2.45, 2.75) is 25.6 Å². The lowest BCUT2D eigenvalue weighted by Crippen LogP contribution is -2.06. The fraction of sp³-hybridized carbons (Fsp3) is 0.182. The normalized spacial score (nSPS) is 11.5. The van der Waals surface area contributed by atoms with Gasteiger partial charge in [-0.1, -0.05) is 17.3 Å². The van der Waals surface area contributed by atoms with Crippen LogP contribution in [0.5, 0.6) is 0 Å². The van der Waals surface area contributed by atoms with Gasteiger partial charge in [0.1, 0.15) is 5.82 Å². The number of ether oxygens (including phenoxy) is 1. The number of carbonyl (C=O) groups excluding carboxylic acids is 1. The molecule has 0 bridgehead atoms. The van der Waals surface area contributed by atoms with Crippen LogP contribution in [0.3, 0.4) is 0 Å². The quantitative estimate of drug-likeness (QED) is 0.275. The van der Waals surface area contributed by atoms with Crippen molar-refractivity contribution in [3.05, 3.63) is 77.9 Å². The van der Waals surface area contributed by atoms with Crippen LogP contribution in [0.1, 0.15) is 23.8 Å². The van der Waals surface area contributed by atoms with E-state index in [4.69, 9.17) is 13.7 Å². The van der Waals surface area contributed by atoms with Crippen LogP contribution in [-0.2, 0) is 28.7 Å². The molecule has 0 aliphatic rings. The van der Waals surface area contributed by atoms with Gasteiger partial charge in [-0.3, -0.25) is 4.79 Å². The summed E-state index contributed by atoms with van der Waals surface area (Å²) in [6, 6.07) is 10.2. The molecule has 11 heteroatoms. The molecule has 4 aromatic rings. The molecule has 0 saturated carbocycles. The second-order valence-corrected chi connectivity index (χ2v) is 6.88. The standard InChI is InChI=1S/C22H15F4N3O4/c23-16-6-4-13(5-7-16)17-11-27-18(32-17)8-9-20(30)31-12-19-28-21(29-33-19)14-2-1-3-15(10-14)22(24,25)26/h1-7,10-11H,8-9,12H2. The molecular formula is C22H15F4N3O4. The van der Waals surface area contributed by atoms with E-state index in [0.29, 0.717) is 17.2 Å². The third-order valence-corrected chi connectivity index (χ3v) is 4.50. The molecule has 0 aliphatic heterocycles. The Labute approximate surface area is 184 Å². The number of carbonyl (C=O) groups is 1. The number of aromatic nitrogens is 3. The minimum absolute atomic E-state index is 0.0437. The molecule has 7 nitrogen and oxygen atoms in total. The van der Waals surface area contributed by atoms with Crippen molar-refractivity contribution < 1.29 is 36.0 Å². The number of oxazole rings is 1. The van der Waals surface area contributed by atoms with Crippen molar-refractivity contribution in [1.29, 1.82) is 0 Å². The molecule has 0 saturated heterocycles. The Morgan fingerprint density at radius 3 is 2.58 bits per heavy atom. The smallest absolute Gasteiger partial charge is 0.416 e. The van der Waals surface area contributed by atoms with E-state index in [-0.39, 0.29) is 42.5 Å². The first-order valence-corrected chi connectivity index (χ1v) is 9.64. The Morgan fingerprint density at radius 2 is 1.82 bits per heavy atom. The minimum atomic E-state index is -4.50. The zero-order valence-corrected chi connectivity index (χ0v) is 16.8. The summed E-state index contributed by atoms with van der Waals surface area (Å²) in [5.74, 6) is -0.340. The third-order valence-electron chi connectivity index (χ3n) is 4.50. The van der Waals surface area contributed by atoms with E-state index >= 15 is 0 Å². The van der Waals surface area contributed by atoms with Crippen molar-refractivity contribution in [1.82, 2.24) is 15.1 Å². The first-order chi connectivity index (χ1) is 15.8. The maximum atomic E-state index is 13.0. The second kappa shape index (κ2) is 9.23. The molecule has 2 aromatic carbocycles. The van der Waals surface area contributed by atoms with Crippen molar-refractivity contribution in [2.75, 3.05) is 0 Å². The number of alkyl halides is 3. The number of aryl methyl sites for hydroxylation is 1. The van der Waals surface area contributed by atoms with E-state index in [9.17, 15) is 22.4 Å². The fourth-order valence-electron chi connectivity index (χ4n) is 2.86. The highest BCUT2D eigenvalue weighted by Crippen LogP contribution is 2.31. The van der Waals surface area contributed by atoms with Crippen LogP contribution in [-0.4, -0.2) is 21.1 Å². The average Bonchev–Trinajstić information content (AvgIpc) is 3.46. The lowest BCUT2D eigenvalue weighted by molar-refractivity contribution is -0.145. The number of rotatable bonds is 7. The van der Waals surface area contributed by atoms with Crippen LogP contribution < -0.4 is 0 Å². The molecule has 4 rings (SSSR count). The summed E-state index contributed by atoms with van der Waals surface area (Å²) in [7, 11) is 0. The molecule has 0 fully saturated rings. The van der Waals surface area contributed by atoms with Gasteiger partial charge in [0.25, 0.3) is 5.89 Å². The number of benzene rings is 2. The molecule has 0 spiro atoms. The van der Waals surface area contributed by atoms with E-state index in [1.807, 2.05) is 0 Å². The average molecular weight is 461 g/mol. The van der Waals surface area contributed by atoms with Crippen LogP contribution in [0.2, 0.25) is 0 Å². The number of esters is 1. The molecular weight excluding hydrogens is 446 g/mol. The second-order valence-electron chi connectivity index (χ2n) is 6.88. The van der Waals surface area contributed by atoms with Gasteiger partial charge in [-0.15, -0.1) is 0 Å². The number of hydrogen-bond donors (Lipinski definition) is 0. The molecule has 0 amide bonds. The van der Waals surface area contributed by atoms with Crippen molar-refractivity contribution in [3.8, 4) is 22.7 Å². The molecule has 33 heavy (non-hydrogen) atoms. The highest BCUT2D eigenvalue weighted by molar-refractivity contribution is 5.69. The number of halogens is 4. The van der Waals surface area contributed by atoms with Gasteiger partial charge in [0.2, 0.25) is 5.82 Å². The third kappa shape index (κ3) is 5.62. The Balaban J connectivity index is 1.29. The van der Waals surface area contributed by atoms with Gasteiger partial charge in [-0.2, -0.15) is 18.2 Å². The van der Waals surface area contributed by atoms with Crippen LogP contribution in [0.4, 0.5) is 17.6 Å². The summed E-state index contributed by atoms with van der Waals surface area (Å²) in [6.07, 6.45) is -2.90. The van der Waals surface area contributed by atoms with Gasteiger partial charge >= 0.3 is 12.1 Å². The monoisotopic (exact) mass is 461 g/mol. The summed E-state index contributed by atoms with van der Waals surface area (Å²) in [4.78, 5) is 20.0. The summed E-state index contributed by atoms with van der Waals surface area (Å²) < 4.78 is 67.1. The highest BCUT2D eigenvalue weighted by Gasteiger charge is 2.30.